The fraction of sp³-hybridized carbons (Fsp3) is 0.821. The van der Waals surface area contributed by atoms with Gasteiger partial charge in [0.05, 0.1) is 18.2 Å². The molecule has 182 valence electrons. The normalized spacial score (nSPS) is 47.5. The van der Waals surface area contributed by atoms with Crippen LogP contribution < -0.4 is 0 Å². The number of fused-ring (bicyclic) bond motifs is 7. The second-order valence-corrected chi connectivity index (χ2v) is 13.2. The highest BCUT2D eigenvalue weighted by molar-refractivity contribution is 5.96. The zero-order valence-electron chi connectivity index (χ0n) is 21.1. The first-order valence-electron chi connectivity index (χ1n) is 13.1. The van der Waals surface area contributed by atoms with Gasteiger partial charge in [0.1, 0.15) is 0 Å². The highest BCUT2D eigenvalue weighted by Gasteiger charge is 2.65. The van der Waals surface area contributed by atoms with Gasteiger partial charge in [-0.2, -0.15) is 0 Å². The predicted molar refractivity (Wildman–Crippen MR) is 127 cm³/mol. The molecule has 0 amide bonds. The second kappa shape index (κ2) is 7.42. The molecule has 5 aliphatic carbocycles. The van der Waals surface area contributed by atoms with Crippen molar-refractivity contribution >= 4 is 17.5 Å². The lowest BCUT2D eigenvalue weighted by Gasteiger charge is -2.64. The fourth-order valence-electron chi connectivity index (χ4n) is 9.26. The van der Waals surface area contributed by atoms with E-state index in [-0.39, 0.29) is 39.8 Å². The lowest BCUT2D eigenvalue weighted by Crippen LogP contribution is -2.60. The van der Waals surface area contributed by atoms with Crippen molar-refractivity contribution in [3.63, 3.8) is 0 Å². The molecule has 0 heterocycles. The molecule has 0 saturated heterocycles. The number of ether oxygens (including phenoxy) is 1. The van der Waals surface area contributed by atoms with Crippen LogP contribution in [0.5, 0.6) is 0 Å². The van der Waals surface area contributed by atoms with Gasteiger partial charge in [-0.05, 0) is 104 Å². The largest absolute Gasteiger partial charge is 0.469 e. The Morgan fingerprint density at radius 1 is 1.03 bits per heavy atom. The minimum Gasteiger partial charge on any atom is -0.469 e. The van der Waals surface area contributed by atoms with Crippen LogP contribution in [0.25, 0.3) is 0 Å². The molecule has 0 aromatic heterocycles. The Morgan fingerprint density at radius 2 is 1.79 bits per heavy atom. The Labute approximate surface area is 198 Å². The van der Waals surface area contributed by atoms with Crippen molar-refractivity contribution in [1.82, 2.24) is 0 Å². The van der Waals surface area contributed by atoms with Crippen LogP contribution in [-0.2, 0) is 14.3 Å². The molecule has 5 heteroatoms. The summed E-state index contributed by atoms with van der Waals surface area (Å²) in [7, 11) is 1.51. The number of rotatable bonds is 1. The van der Waals surface area contributed by atoms with Gasteiger partial charge in [-0.25, -0.2) is 0 Å². The second-order valence-electron chi connectivity index (χ2n) is 13.2. The van der Waals surface area contributed by atoms with E-state index in [1.165, 1.54) is 12.7 Å². The van der Waals surface area contributed by atoms with E-state index in [2.05, 4.69) is 32.9 Å². The quantitative estimate of drug-likeness (QED) is 0.301. The van der Waals surface area contributed by atoms with E-state index in [0.29, 0.717) is 11.8 Å². The molecular weight excluding hydrogens is 414 g/mol. The minimum absolute atomic E-state index is 0.00154. The van der Waals surface area contributed by atoms with Crippen molar-refractivity contribution in [2.24, 2.45) is 50.5 Å². The smallest absolute Gasteiger partial charge is 0.312 e. The molecular formula is C28H41NO4. The van der Waals surface area contributed by atoms with Gasteiger partial charge in [-0.1, -0.05) is 38.4 Å². The van der Waals surface area contributed by atoms with Gasteiger partial charge in [0, 0.05) is 5.92 Å². The van der Waals surface area contributed by atoms with Gasteiger partial charge < -0.3 is 9.94 Å². The minimum atomic E-state index is -0.499. The van der Waals surface area contributed by atoms with Gasteiger partial charge in [-0.15, -0.1) is 0 Å². The Morgan fingerprint density at radius 3 is 2.48 bits per heavy atom. The molecule has 1 N–H and O–H groups in total. The molecule has 33 heavy (non-hydrogen) atoms. The number of oxime groups is 1. The van der Waals surface area contributed by atoms with Crippen molar-refractivity contribution in [2.75, 3.05) is 7.11 Å². The van der Waals surface area contributed by atoms with Crippen LogP contribution in [0.3, 0.4) is 0 Å². The summed E-state index contributed by atoms with van der Waals surface area (Å²) >= 11 is 0. The number of methoxy groups -OCH3 is 1. The van der Waals surface area contributed by atoms with E-state index in [9.17, 15) is 14.8 Å². The van der Waals surface area contributed by atoms with Crippen LogP contribution in [0.15, 0.2) is 16.8 Å². The number of nitrogens with zero attached hydrogens (tertiary/aromatic N) is 1. The van der Waals surface area contributed by atoms with E-state index in [1.807, 2.05) is 6.08 Å². The number of ketones is 1. The summed E-state index contributed by atoms with van der Waals surface area (Å²) < 4.78 is 5.37. The molecule has 0 radical (unpaired) electrons. The Kier molecular flexibility index (Phi) is 5.20. The van der Waals surface area contributed by atoms with Gasteiger partial charge in [0.2, 0.25) is 0 Å². The van der Waals surface area contributed by atoms with Crippen molar-refractivity contribution in [3.8, 4) is 0 Å². The molecule has 4 fully saturated rings. The average Bonchev–Trinajstić information content (AvgIpc) is 2.78. The van der Waals surface area contributed by atoms with Crippen LogP contribution in [0.2, 0.25) is 0 Å². The molecule has 0 bridgehead atoms. The molecule has 4 saturated carbocycles. The maximum absolute atomic E-state index is 14.0. The van der Waals surface area contributed by atoms with E-state index < -0.39 is 5.41 Å². The zero-order chi connectivity index (χ0) is 23.8. The van der Waals surface area contributed by atoms with Crippen molar-refractivity contribution in [3.05, 3.63) is 11.6 Å². The first kappa shape index (κ1) is 23.1. The van der Waals surface area contributed by atoms with E-state index >= 15 is 0 Å². The average molecular weight is 456 g/mol. The summed E-state index contributed by atoms with van der Waals surface area (Å²) in [4.78, 5) is 27.2. The maximum atomic E-state index is 14.0. The van der Waals surface area contributed by atoms with Crippen molar-refractivity contribution < 1.29 is 19.5 Å². The summed E-state index contributed by atoms with van der Waals surface area (Å²) in [6.07, 6.45) is 11.4. The van der Waals surface area contributed by atoms with Crippen LogP contribution in [-0.4, -0.2) is 29.8 Å². The standard InChI is InChI=1S/C28H41NO4/c1-25(2)12-13-28(24(31)33-5)11-8-19-23(20(28)16-25)21(30)15-22-26(3)10-7-18(29-32)14-17(26)6-9-27(19,22)4/h15,17,19-20,23,32H,6-14,16H2,1-5H3/b29-18+. The van der Waals surface area contributed by atoms with Crippen molar-refractivity contribution in [2.45, 2.75) is 91.9 Å². The third-order valence-corrected chi connectivity index (χ3v) is 11.2. The van der Waals surface area contributed by atoms with Gasteiger partial charge in [-0.3, -0.25) is 9.59 Å². The molecule has 0 aromatic carbocycles. The van der Waals surface area contributed by atoms with E-state index in [4.69, 9.17) is 4.74 Å². The Balaban J connectivity index is 1.58. The van der Waals surface area contributed by atoms with E-state index in [1.54, 1.807) is 0 Å². The molecule has 5 aliphatic rings. The summed E-state index contributed by atoms with van der Waals surface area (Å²) in [5.74, 6) is 0.892. The van der Waals surface area contributed by atoms with Crippen LogP contribution >= 0.6 is 0 Å². The summed E-state index contributed by atoms with van der Waals surface area (Å²) in [5.41, 5.74) is 1.90. The van der Waals surface area contributed by atoms with Gasteiger partial charge >= 0.3 is 5.97 Å². The lowest BCUT2D eigenvalue weighted by molar-refractivity contribution is -0.178. The molecule has 0 aliphatic heterocycles. The number of hydrogen-bond donors (Lipinski definition) is 1. The highest BCUT2D eigenvalue weighted by Crippen LogP contribution is 2.69. The number of esters is 1. The lowest BCUT2D eigenvalue weighted by atomic mass is 9.39. The molecule has 7 unspecified atom stereocenters. The van der Waals surface area contributed by atoms with E-state index in [0.717, 1.165) is 69.9 Å². The third kappa shape index (κ3) is 3.13. The highest BCUT2D eigenvalue weighted by atomic mass is 16.5. The summed E-state index contributed by atoms with van der Waals surface area (Å²) in [5, 5.41) is 12.9. The Hall–Kier alpha value is -1.65. The first-order valence-corrected chi connectivity index (χ1v) is 13.1. The number of hydrogen-bond acceptors (Lipinski definition) is 5. The summed E-state index contributed by atoms with van der Waals surface area (Å²) in [6.45, 7) is 9.36. The number of carbonyl (C=O) groups is 2. The first-order chi connectivity index (χ1) is 15.5. The zero-order valence-corrected chi connectivity index (χ0v) is 21.1. The van der Waals surface area contributed by atoms with Crippen molar-refractivity contribution in [1.29, 1.82) is 0 Å². The summed E-state index contributed by atoms with van der Waals surface area (Å²) in [6, 6.07) is 0. The van der Waals surface area contributed by atoms with Crippen LogP contribution in [0.1, 0.15) is 91.9 Å². The molecule has 5 nitrogen and oxygen atoms in total. The number of carbonyl (C=O) groups excluding carboxylic acids is 2. The Bertz CT molecular complexity index is 934. The fourth-order valence-corrected chi connectivity index (χ4v) is 9.26. The van der Waals surface area contributed by atoms with Crippen LogP contribution in [0, 0.1) is 45.3 Å². The topological polar surface area (TPSA) is 76.0 Å². The van der Waals surface area contributed by atoms with Gasteiger partial charge in [0.25, 0.3) is 0 Å². The molecule has 0 aromatic rings. The predicted octanol–water partition coefficient (Wildman–Crippen LogP) is 5.94. The monoisotopic (exact) mass is 455 g/mol. The third-order valence-electron chi connectivity index (χ3n) is 11.2. The SMILES string of the molecule is COC(=O)C12CCC3C(C(=O)C=C4C5(C)CC/C(=N\O)CC5CCC43C)C1CC(C)(C)CC2. The maximum Gasteiger partial charge on any atom is 0.312 e. The van der Waals surface area contributed by atoms with Gasteiger partial charge in [0.15, 0.2) is 5.78 Å². The van der Waals surface area contributed by atoms with Crippen LogP contribution in [0.4, 0.5) is 0 Å². The molecule has 7 atom stereocenters. The molecule has 0 spiro atoms. The molecule has 5 rings (SSSR count). The number of allylic oxidation sites excluding steroid dienone is 2.